The molecule has 0 saturated carbocycles. The van der Waals surface area contributed by atoms with E-state index in [1.165, 1.54) is 5.56 Å². The van der Waals surface area contributed by atoms with E-state index in [9.17, 15) is 0 Å². The van der Waals surface area contributed by atoms with Crippen LogP contribution in [0, 0.1) is 6.92 Å². The van der Waals surface area contributed by atoms with E-state index in [1.54, 1.807) is 7.11 Å². The molecule has 0 spiro atoms. The minimum atomic E-state index is 0.0680. The van der Waals surface area contributed by atoms with Crippen LogP contribution in [0.4, 0.5) is 0 Å². The SMILES string of the molecule is COc1ccc(C)cc1-c1ccc([C@@H](C)N)cc1. The third-order valence-corrected chi connectivity index (χ3v) is 3.10. The van der Waals surface area contributed by atoms with E-state index in [4.69, 9.17) is 10.5 Å². The Balaban J connectivity index is 2.44. The molecule has 2 heteroatoms. The van der Waals surface area contributed by atoms with Gasteiger partial charge in [-0.2, -0.15) is 0 Å². The zero-order valence-electron chi connectivity index (χ0n) is 11.1. The highest BCUT2D eigenvalue weighted by molar-refractivity contribution is 5.71. The van der Waals surface area contributed by atoms with Crippen LogP contribution in [0.25, 0.3) is 11.1 Å². The molecule has 0 aliphatic carbocycles. The largest absolute Gasteiger partial charge is 0.496 e. The van der Waals surface area contributed by atoms with Crippen molar-refractivity contribution in [3.63, 3.8) is 0 Å². The Morgan fingerprint density at radius 1 is 1.06 bits per heavy atom. The van der Waals surface area contributed by atoms with Gasteiger partial charge < -0.3 is 10.5 Å². The first-order valence-electron chi connectivity index (χ1n) is 6.12. The number of hydrogen-bond acceptors (Lipinski definition) is 2. The van der Waals surface area contributed by atoms with Crippen LogP contribution < -0.4 is 10.5 Å². The molecule has 0 amide bonds. The average Bonchev–Trinajstić information content (AvgIpc) is 2.39. The van der Waals surface area contributed by atoms with Crippen molar-refractivity contribution >= 4 is 0 Å². The van der Waals surface area contributed by atoms with Gasteiger partial charge in [0, 0.05) is 11.6 Å². The molecule has 0 bridgehead atoms. The number of benzene rings is 2. The van der Waals surface area contributed by atoms with E-state index in [1.807, 2.05) is 13.0 Å². The molecule has 1 atom stereocenters. The zero-order chi connectivity index (χ0) is 13.1. The summed E-state index contributed by atoms with van der Waals surface area (Å²) in [5.74, 6) is 0.897. The van der Waals surface area contributed by atoms with Crippen LogP contribution >= 0.6 is 0 Å². The van der Waals surface area contributed by atoms with Crippen LogP contribution in [-0.2, 0) is 0 Å². The molecule has 0 fully saturated rings. The zero-order valence-corrected chi connectivity index (χ0v) is 11.1. The van der Waals surface area contributed by atoms with Gasteiger partial charge in [-0.3, -0.25) is 0 Å². The molecule has 94 valence electrons. The molecule has 0 aliphatic heterocycles. The Kier molecular flexibility index (Phi) is 3.68. The molecule has 0 aromatic heterocycles. The molecule has 2 aromatic rings. The summed E-state index contributed by atoms with van der Waals surface area (Å²) < 4.78 is 5.41. The maximum atomic E-state index is 5.86. The van der Waals surface area contributed by atoms with Crippen molar-refractivity contribution in [2.24, 2.45) is 5.73 Å². The first-order valence-corrected chi connectivity index (χ1v) is 6.12. The minimum absolute atomic E-state index is 0.0680. The van der Waals surface area contributed by atoms with Gasteiger partial charge in [0.15, 0.2) is 0 Å². The van der Waals surface area contributed by atoms with E-state index in [-0.39, 0.29) is 6.04 Å². The Bertz CT molecular complexity index is 529. The van der Waals surface area contributed by atoms with Gasteiger partial charge >= 0.3 is 0 Å². The summed E-state index contributed by atoms with van der Waals surface area (Å²) in [4.78, 5) is 0. The van der Waals surface area contributed by atoms with Gasteiger partial charge in [0.2, 0.25) is 0 Å². The van der Waals surface area contributed by atoms with Gasteiger partial charge in [0.05, 0.1) is 7.11 Å². The molecule has 0 saturated heterocycles. The number of rotatable bonds is 3. The fraction of sp³-hybridized carbons (Fsp3) is 0.250. The Labute approximate surface area is 108 Å². The number of ether oxygens (including phenoxy) is 1. The molecule has 2 N–H and O–H groups in total. The van der Waals surface area contributed by atoms with Crippen molar-refractivity contribution in [2.75, 3.05) is 7.11 Å². The minimum Gasteiger partial charge on any atom is -0.496 e. The number of nitrogens with two attached hydrogens (primary N) is 1. The lowest BCUT2D eigenvalue weighted by Crippen LogP contribution is -2.04. The highest BCUT2D eigenvalue weighted by Crippen LogP contribution is 2.31. The first kappa shape index (κ1) is 12.7. The van der Waals surface area contributed by atoms with Gasteiger partial charge in [-0.05, 0) is 37.1 Å². The molecule has 18 heavy (non-hydrogen) atoms. The Morgan fingerprint density at radius 2 is 1.72 bits per heavy atom. The van der Waals surface area contributed by atoms with Gasteiger partial charge in [0.1, 0.15) is 5.75 Å². The van der Waals surface area contributed by atoms with Crippen LogP contribution in [0.2, 0.25) is 0 Å². The Morgan fingerprint density at radius 3 is 2.28 bits per heavy atom. The second-order valence-corrected chi connectivity index (χ2v) is 4.61. The highest BCUT2D eigenvalue weighted by atomic mass is 16.5. The summed E-state index contributed by atoms with van der Waals surface area (Å²) >= 11 is 0. The lowest BCUT2D eigenvalue weighted by molar-refractivity contribution is 0.416. The monoisotopic (exact) mass is 241 g/mol. The third kappa shape index (κ3) is 2.54. The number of methoxy groups -OCH3 is 1. The van der Waals surface area contributed by atoms with E-state index in [0.29, 0.717) is 0 Å². The van der Waals surface area contributed by atoms with Crippen molar-refractivity contribution in [3.8, 4) is 16.9 Å². The van der Waals surface area contributed by atoms with Crippen LogP contribution in [-0.4, -0.2) is 7.11 Å². The van der Waals surface area contributed by atoms with Crippen molar-refractivity contribution < 1.29 is 4.74 Å². The van der Waals surface area contributed by atoms with E-state index in [0.717, 1.165) is 22.4 Å². The van der Waals surface area contributed by atoms with Crippen LogP contribution in [0.3, 0.4) is 0 Å². The lowest BCUT2D eigenvalue weighted by atomic mass is 9.99. The third-order valence-electron chi connectivity index (χ3n) is 3.10. The standard InChI is InChI=1S/C16H19NO/c1-11-4-9-16(18-3)15(10-11)14-7-5-13(6-8-14)12(2)17/h4-10,12H,17H2,1-3H3/t12-/m1/s1. The molecule has 2 nitrogen and oxygen atoms in total. The summed E-state index contributed by atoms with van der Waals surface area (Å²) in [6, 6.07) is 14.6. The predicted molar refractivity (Wildman–Crippen MR) is 75.8 cm³/mol. The van der Waals surface area contributed by atoms with Gasteiger partial charge in [-0.15, -0.1) is 0 Å². The van der Waals surface area contributed by atoms with Crippen LogP contribution in [0.15, 0.2) is 42.5 Å². The van der Waals surface area contributed by atoms with Crippen molar-refractivity contribution in [2.45, 2.75) is 19.9 Å². The van der Waals surface area contributed by atoms with Gasteiger partial charge in [-0.1, -0.05) is 35.9 Å². The van der Waals surface area contributed by atoms with Gasteiger partial charge in [-0.25, -0.2) is 0 Å². The molecular weight excluding hydrogens is 222 g/mol. The van der Waals surface area contributed by atoms with E-state index >= 15 is 0 Å². The maximum absolute atomic E-state index is 5.86. The summed E-state index contributed by atoms with van der Waals surface area (Å²) in [7, 11) is 1.70. The average molecular weight is 241 g/mol. The lowest BCUT2D eigenvalue weighted by Gasteiger charge is -2.11. The topological polar surface area (TPSA) is 35.2 Å². The molecule has 2 rings (SSSR count). The second-order valence-electron chi connectivity index (χ2n) is 4.61. The van der Waals surface area contributed by atoms with Gasteiger partial charge in [0.25, 0.3) is 0 Å². The van der Waals surface area contributed by atoms with Crippen molar-refractivity contribution in [3.05, 3.63) is 53.6 Å². The fourth-order valence-corrected chi connectivity index (χ4v) is 2.01. The van der Waals surface area contributed by atoms with E-state index in [2.05, 4.69) is 43.3 Å². The van der Waals surface area contributed by atoms with Crippen molar-refractivity contribution in [1.29, 1.82) is 0 Å². The summed E-state index contributed by atoms with van der Waals surface area (Å²) in [5.41, 5.74) is 10.5. The quantitative estimate of drug-likeness (QED) is 0.889. The van der Waals surface area contributed by atoms with Crippen molar-refractivity contribution in [1.82, 2.24) is 0 Å². The first-order chi connectivity index (χ1) is 8.61. The van der Waals surface area contributed by atoms with Crippen LogP contribution in [0.1, 0.15) is 24.1 Å². The van der Waals surface area contributed by atoms with Crippen LogP contribution in [0.5, 0.6) is 5.75 Å². The molecule has 0 unspecified atom stereocenters. The number of hydrogen-bond donors (Lipinski definition) is 1. The summed E-state index contributed by atoms with van der Waals surface area (Å²) in [6.07, 6.45) is 0. The molecule has 0 aliphatic rings. The molecule has 0 radical (unpaired) electrons. The fourth-order valence-electron chi connectivity index (χ4n) is 2.01. The smallest absolute Gasteiger partial charge is 0.126 e. The predicted octanol–water partition coefficient (Wildman–Crippen LogP) is 3.69. The molecular formula is C16H19NO. The second kappa shape index (κ2) is 5.23. The maximum Gasteiger partial charge on any atom is 0.126 e. The normalized spacial score (nSPS) is 12.2. The molecule has 0 heterocycles. The highest BCUT2D eigenvalue weighted by Gasteiger charge is 2.06. The summed E-state index contributed by atoms with van der Waals surface area (Å²) in [5, 5.41) is 0. The number of aryl methyl sites for hydroxylation is 1. The molecule has 2 aromatic carbocycles. The van der Waals surface area contributed by atoms with E-state index < -0.39 is 0 Å². The summed E-state index contributed by atoms with van der Waals surface area (Å²) in [6.45, 7) is 4.07. The Hall–Kier alpha value is -1.80.